The Balaban J connectivity index is 2.30. The van der Waals surface area contributed by atoms with Crippen molar-refractivity contribution in [3.05, 3.63) is 35.6 Å². The maximum atomic E-state index is 12.7. The zero-order chi connectivity index (χ0) is 16.8. The third kappa shape index (κ3) is 6.34. The van der Waals surface area contributed by atoms with Crippen molar-refractivity contribution in [1.29, 1.82) is 0 Å². The Morgan fingerprint density at radius 2 is 1.55 bits per heavy atom. The van der Waals surface area contributed by atoms with Crippen LogP contribution in [0.4, 0.5) is 4.39 Å². The van der Waals surface area contributed by atoms with Crippen LogP contribution >= 0.6 is 0 Å². The summed E-state index contributed by atoms with van der Waals surface area (Å²) in [5.41, 5.74) is 4.45. The van der Waals surface area contributed by atoms with Crippen molar-refractivity contribution in [3.63, 3.8) is 0 Å². The molecule has 1 rings (SSSR count). The lowest BCUT2D eigenvalue weighted by molar-refractivity contribution is -0.132. The standard InChI is InChI=1S/C15H20FN3O3/c1-15(2,3)14(22)17-9-13(21)19-18-12(20)8-10-4-6-11(16)7-5-10/h4-7H,8-9H2,1-3H3,(H,17,22)(H,18,20)(H,19,21). The second kappa shape index (κ2) is 7.53. The maximum absolute atomic E-state index is 12.7. The molecule has 0 unspecified atom stereocenters. The fourth-order valence-electron chi connectivity index (χ4n) is 1.44. The van der Waals surface area contributed by atoms with Gasteiger partial charge in [-0.15, -0.1) is 0 Å². The molecular formula is C15H20FN3O3. The molecule has 1 aromatic carbocycles. The molecule has 0 aromatic heterocycles. The number of hydrazine groups is 1. The van der Waals surface area contributed by atoms with Crippen LogP contribution in [0.2, 0.25) is 0 Å². The van der Waals surface area contributed by atoms with Crippen LogP contribution in [-0.4, -0.2) is 24.3 Å². The molecule has 0 spiro atoms. The number of carbonyl (C=O) groups is 3. The molecule has 3 N–H and O–H groups in total. The zero-order valence-electron chi connectivity index (χ0n) is 12.8. The molecule has 0 saturated carbocycles. The fourth-order valence-corrected chi connectivity index (χ4v) is 1.44. The maximum Gasteiger partial charge on any atom is 0.257 e. The normalized spacial score (nSPS) is 10.7. The third-order valence-corrected chi connectivity index (χ3v) is 2.71. The predicted octanol–water partition coefficient (Wildman–Crippen LogP) is 0.678. The molecule has 22 heavy (non-hydrogen) atoms. The van der Waals surface area contributed by atoms with Gasteiger partial charge in [0.25, 0.3) is 5.91 Å². The molecule has 0 bridgehead atoms. The fraction of sp³-hybridized carbons (Fsp3) is 0.400. The lowest BCUT2D eigenvalue weighted by Crippen LogP contribution is -2.48. The average Bonchev–Trinajstić information content (AvgIpc) is 2.44. The lowest BCUT2D eigenvalue weighted by atomic mass is 9.96. The van der Waals surface area contributed by atoms with E-state index in [1.54, 1.807) is 20.8 Å². The number of benzene rings is 1. The van der Waals surface area contributed by atoms with Crippen LogP contribution < -0.4 is 16.2 Å². The van der Waals surface area contributed by atoms with Crippen molar-refractivity contribution in [1.82, 2.24) is 16.2 Å². The van der Waals surface area contributed by atoms with Gasteiger partial charge in [0.15, 0.2) is 0 Å². The minimum atomic E-state index is -0.591. The zero-order valence-corrected chi connectivity index (χ0v) is 12.8. The Bertz CT molecular complexity index is 550. The van der Waals surface area contributed by atoms with E-state index < -0.39 is 17.2 Å². The van der Waals surface area contributed by atoms with Crippen LogP contribution in [0.3, 0.4) is 0 Å². The van der Waals surface area contributed by atoms with E-state index >= 15 is 0 Å². The molecule has 120 valence electrons. The SMILES string of the molecule is CC(C)(C)C(=O)NCC(=O)NNC(=O)Cc1ccc(F)cc1. The summed E-state index contributed by atoms with van der Waals surface area (Å²) in [6.45, 7) is 4.95. The first kappa shape index (κ1) is 17.6. The number of carbonyl (C=O) groups excluding carboxylic acids is 3. The molecule has 6 nitrogen and oxygen atoms in total. The van der Waals surface area contributed by atoms with E-state index in [2.05, 4.69) is 16.2 Å². The quantitative estimate of drug-likeness (QED) is 0.715. The summed E-state index contributed by atoms with van der Waals surface area (Å²) in [6.07, 6.45) is 0.00884. The number of hydrogen-bond donors (Lipinski definition) is 3. The van der Waals surface area contributed by atoms with Crippen molar-refractivity contribution in [3.8, 4) is 0 Å². The Morgan fingerprint density at radius 3 is 2.09 bits per heavy atom. The highest BCUT2D eigenvalue weighted by atomic mass is 19.1. The Kier molecular flexibility index (Phi) is 6.03. The summed E-state index contributed by atoms with van der Waals surface area (Å²) in [5, 5.41) is 2.46. The summed E-state index contributed by atoms with van der Waals surface area (Å²) in [4.78, 5) is 34.6. The number of halogens is 1. The van der Waals surface area contributed by atoms with Gasteiger partial charge in [-0.25, -0.2) is 4.39 Å². The van der Waals surface area contributed by atoms with Crippen molar-refractivity contribution in [2.75, 3.05) is 6.54 Å². The van der Waals surface area contributed by atoms with Crippen molar-refractivity contribution in [2.45, 2.75) is 27.2 Å². The van der Waals surface area contributed by atoms with Gasteiger partial charge in [0.1, 0.15) is 5.82 Å². The van der Waals surface area contributed by atoms with E-state index in [1.165, 1.54) is 24.3 Å². The average molecular weight is 309 g/mol. The van der Waals surface area contributed by atoms with Crippen LogP contribution in [0.1, 0.15) is 26.3 Å². The van der Waals surface area contributed by atoms with Gasteiger partial charge >= 0.3 is 0 Å². The first-order valence-electron chi connectivity index (χ1n) is 6.79. The summed E-state index contributed by atoms with van der Waals surface area (Å²) >= 11 is 0. The third-order valence-electron chi connectivity index (χ3n) is 2.71. The molecule has 0 aliphatic carbocycles. The van der Waals surface area contributed by atoms with Gasteiger partial charge in [0.2, 0.25) is 11.8 Å². The molecule has 0 saturated heterocycles. The van der Waals surface area contributed by atoms with Gasteiger partial charge in [-0.2, -0.15) is 0 Å². The topological polar surface area (TPSA) is 87.3 Å². The number of amides is 3. The van der Waals surface area contributed by atoms with Gasteiger partial charge in [-0.05, 0) is 17.7 Å². The summed E-state index contributed by atoms with van der Waals surface area (Å²) in [5.74, 6) is -1.63. The van der Waals surface area contributed by atoms with E-state index in [1.807, 2.05) is 0 Å². The monoisotopic (exact) mass is 309 g/mol. The van der Waals surface area contributed by atoms with Gasteiger partial charge in [-0.1, -0.05) is 32.9 Å². The largest absolute Gasteiger partial charge is 0.347 e. The summed E-state index contributed by atoms with van der Waals surface area (Å²) in [7, 11) is 0. The molecule has 7 heteroatoms. The highest BCUT2D eigenvalue weighted by molar-refractivity contribution is 5.88. The first-order valence-corrected chi connectivity index (χ1v) is 6.79. The van der Waals surface area contributed by atoms with Gasteiger partial charge in [0, 0.05) is 5.41 Å². The minimum Gasteiger partial charge on any atom is -0.347 e. The predicted molar refractivity (Wildman–Crippen MR) is 78.9 cm³/mol. The van der Waals surface area contributed by atoms with Crippen molar-refractivity contribution in [2.24, 2.45) is 5.41 Å². The molecule has 0 aliphatic rings. The molecule has 0 atom stereocenters. The molecule has 0 fully saturated rings. The number of hydrogen-bond acceptors (Lipinski definition) is 3. The van der Waals surface area contributed by atoms with Gasteiger partial charge in [0.05, 0.1) is 13.0 Å². The van der Waals surface area contributed by atoms with Crippen LogP contribution in [0, 0.1) is 11.2 Å². The second-order valence-corrected chi connectivity index (χ2v) is 5.83. The summed E-state index contributed by atoms with van der Waals surface area (Å²) in [6, 6.07) is 5.48. The molecule has 0 heterocycles. The van der Waals surface area contributed by atoms with E-state index in [0.717, 1.165) is 0 Å². The lowest BCUT2D eigenvalue weighted by Gasteiger charge is -2.17. The van der Waals surface area contributed by atoms with Crippen molar-refractivity contribution < 1.29 is 18.8 Å². The first-order chi connectivity index (χ1) is 10.2. The smallest absolute Gasteiger partial charge is 0.257 e. The highest BCUT2D eigenvalue weighted by Crippen LogP contribution is 2.11. The van der Waals surface area contributed by atoms with Gasteiger partial charge in [-0.3, -0.25) is 25.2 Å². The van der Waals surface area contributed by atoms with Crippen LogP contribution in [0.25, 0.3) is 0 Å². The Morgan fingerprint density at radius 1 is 1.00 bits per heavy atom. The number of rotatable bonds is 4. The van der Waals surface area contributed by atoms with E-state index in [4.69, 9.17) is 0 Å². The molecule has 3 amide bonds. The minimum absolute atomic E-state index is 0.00884. The molecule has 1 aromatic rings. The van der Waals surface area contributed by atoms with E-state index in [9.17, 15) is 18.8 Å². The Hall–Kier alpha value is -2.44. The van der Waals surface area contributed by atoms with Crippen LogP contribution in [0.5, 0.6) is 0 Å². The van der Waals surface area contributed by atoms with E-state index in [-0.39, 0.29) is 24.7 Å². The van der Waals surface area contributed by atoms with Crippen LogP contribution in [0.15, 0.2) is 24.3 Å². The van der Waals surface area contributed by atoms with E-state index in [0.29, 0.717) is 5.56 Å². The van der Waals surface area contributed by atoms with Gasteiger partial charge < -0.3 is 5.32 Å². The van der Waals surface area contributed by atoms with Crippen LogP contribution in [-0.2, 0) is 20.8 Å². The highest BCUT2D eigenvalue weighted by Gasteiger charge is 2.21. The summed E-state index contributed by atoms with van der Waals surface area (Å²) < 4.78 is 12.7. The Labute approximate surface area is 128 Å². The molecule has 0 aliphatic heterocycles. The molecular weight excluding hydrogens is 289 g/mol. The van der Waals surface area contributed by atoms with Crippen molar-refractivity contribution >= 4 is 17.7 Å². The number of nitrogens with one attached hydrogen (secondary N) is 3. The molecule has 0 radical (unpaired) electrons. The second-order valence-electron chi connectivity index (χ2n) is 5.83.